The molecule has 0 radical (unpaired) electrons. The fraction of sp³-hybridized carbons (Fsp3) is 0.308. The maximum absolute atomic E-state index is 9.53. The van der Waals surface area contributed by atoms with Crippen LogP contribution in [-0.2, 0) is 6.42 Å². The van der Waals surface area contributed by atoms with Gasteiger partial charge in [0.2, 0.25) is 0 Å². The molecule has 0 saturated heterocycles. The van der Waals surface area contributed by atoms with Gasteiger partial charge in [0.1, 0.15) is 0 Å². The standard InChI is InChI=1S/C13H14N2OS/c1-9(16)12-8-14-13(17-12)15-7-6-10-4-2-3-5-11(10)15/h2-5,8-9,16H,6-7H2,1H3. The van der Waals surface area contributed by atoms with Crippen molar-refractivity contribution in [1.82, 2.24) is 4.98 Å². The lowest BCUT2D eigenvalue weighted by Crippen LogP contribution is -2.12. The molecule has 3 nitrogen and oxygen atoms in total. The first-order chi connectivity index (χ1) is 8.25. The van der Waals surface area contributed by atoms with Crippen LogP contribution in [0.3, 0.4) is 0 Å². The largest absolute Gasteiger partial charge is 0.388 e. The third-order valence-electron chi connectivity index (χ3n) is 3.04. The number of nitrogens with zero attached hydrogens (tertiary/aromatic N) is 2. The van der Waals surface area contributed by atoms with E-state index in [2.05, 4.69) is 34.1 Å². The van der Waals surface area contributed by atoms with Crippen molar-refractivity contribution in [2.24, 2.45) is 0 Å². The van der Waals surface area contributed by atoms with Crippen LogP contribution in [0.25, 0.3) is 0 Å². The minimum atomic E-state index is -0.431. The first kappa shape index (κ1) is 10.7. The van der Waals surface area contributed by atoms with Crippen molar-refractivity contribution in [3.05, 3.63) is 40.9 Å². The minimum Gasteiger partial charge on any atom is -0.388 e. The molecule has 1 N–H and O–H groups in total. The van der Waals surface area contributed by atoms with Crippen LogP contribution >= 0.6 is 11.3 Å². The van der Waals surface area contributed by atoms with Gasteiger partial charge in [-0.05, 0) is 25.0 Å². The van der Waals surface area contributed by atoms with Gasteiger partial charge >= 0.3 is 0 Å². The maximum Gasteiger partial charge on any atom is 0.190 e. The molecule has 1 aliphatic heterocycles. The van der Waals surface area contributed by atoms with E-state index < -0.39 is 6.10 Å². The average molecular weight is 246 g/mol. The lowest BCUT2D eigenvalue weighted by molar-refractivity contribution is 0.203. The minimum absolute atomic E-state index is 0.431. The molecule has 1 aliphatic rings. The molecule has 0 amide bonds. The van der Waals surface area contributed by atoms with Gasteiger partial charge in [0, 0.05) is 18.4 Å². The fourth-order valence-corrected chi connectivity index (χ4v) is 3.02. The second kappa shape index (κ2) is 4.13. The summed E-state index contributed by atoms with van der Waals surface area (Å²) in [5.41, 5.74) is 2.63. The number of aliphatic hydroxyl groups excluding tert-OH is 1. The molecule has 4 heteroatoms. The fourth-order valence-electron chi connectivity index (χ4n) is 2.13. The molecule has 0 saturated carbocycles. The highest BCUT2D eigenvalue weighted by molar-refractivity contribution is 7.15. The van der Waals surface area contributed by atoms with Gasteiger partial charge in [0.05, 0.1) is 11.0 Å². The van der Waals surface area contributed by atoms with Crippen LogP contribution in [0.1, 0.15) is 23.5 Å². The summed E-state index contributed by atoms with van der Waals surface area (Å²) in [6.45, 7) is 2.75. The van der Waals surface area contributed by atoms with Crippen molar-refractivity contribution >= 4 is 22.2 Å². The summed E-state index contributed by atoms with van der Waals surface area (Å²) < 4.78 is 0. The Morgan fingerprint density at radius 1 is 1.41 bits per heavy atom. The third kappa shape index (κ3) is 1.83. The number of fused-ring (bicyclic) bond motifs is 1. The van der Waals surface area contributed by atoms with E-state index in [1.807, 2.05) is 0 Å². The predicted octanol–water partition coefficient (Wildman–Crippen LogP) is 2.89. The molecule has 2 aromatic rings. The van der Waals surface area contributed by atoms with Gasteiger partial charge in [-0.3, -0.25) is 0 Å². The van der Waals surface area contributed by atoms with Crippen molar-refractivity contribution < 1.29 is 5.11 Å². The maximum atomic E-state index is 9.53. The molecule has 17 heavy (non-hydrogen) atoms. The number of para-hydroxylation sites is 1. The molecule has 1 unspecified atom stereocenters. The lowest BCUT2D eigenvalue weighted by atomic mass is 10.2. The summed E-state index contributed by atoms with van der Waals surface area (Å²) in [4.78, 5) is 7.55. The summed E-state index contributed by atoms with van der Waals surface area (Å²) in [6, 6.07) is 8.43. The van der Waals surface area contributed by atoms with Crippen LogP contribution in [0.4, 0.5) is 10.8 Å². The monoisotopic (exact) mass is 246 g/mol. The van der Waals surface area contributed by atoms with Crippen LogP contribution in [0, 0.1) is 0 Å². The van der Waals surface area contributed by atoms with E-state index in [1.165, 1.54) is 11.3 Å². The molecule has 1 aromatic carbocycles. The van der Waals surface area contributed by atoms with Crippen LogP contribution < -0.4 is 4.90 Å². The molecule has 0 fully saturated rings. The molecule has 2 heterocycles. The second-order valence-corrected chi connectivity index (χ2v) is 5.29. The molecule has 3 rings (SSSR count). The van der Waals surface area contributed by atoms with Gasteiger partial charge in [0.15, 0.2) is 5.13 Å². The predicted molar refractivity (Wildman–Crippen MR) is 69.9 cm³/mol. The highest BCUT2D eigenvalue weighted by Crippen LogP contribution is 2.37. The molecule has 1 atom stereocenters. The van der Waals surface area contributed by atoms with E-state index in [4.69, 9.17) is 0 Å². The number of aromatic nitrogens is 1. The van der Waals surface area contributed by atoms with Gasteiger partial charge in [-0.2, -0.15) is 0 Å². The van der Waals surface area contributed by atoms with Crippen molar-refractivity contribution in [2.75, 3.05) is 11.4 Å². The van der Waals surface area contributed by atoms with Gasteiger partial charge in [0.25, 0.3) is 0 Å². The molecule has 0 spiro atoms. The smallest absolute Gasteiger partial charge is 0.190 e. The SMILES string of the molecule is CC(O)c1cnc(N2CCc3ccccc32)s1. The molecule has 0 aliphatic carbocycles. The number of anilines is 2. The lowest BCUT2D eigenvalue weighted by Gasteiger charge is -2.15. The first-order valence-electron chi connectivity index (χ1n) is 5.75. The molecule has 1 aromatic heterocycles. The molecule has 0 bridgehead atoms. The van der Waals surface area contributed by atoms with Crippen LogP contribution in [0.2, 0.25) is 0 Å². The average Bonchev–Trinajstić information content (AvgIpc) is 2.95. The molecule has 88 valence electrons. The number of aliphatic hydroxyl groups is 1. The highest BCUT2D eigenvalue weighted by Gasteiger charge is 2.22. The van der Waals surface area contributed by atoms with Crippen molar-refractivity contribution in [1.29, 1.82) is 0 Å². The number of benzene rings is 1. The Bertz CT molecular complexity index is 536. The first-order valence-corrected chi connectivity index (χ1v) is 6.56. The molecular weight excluding hydrogens is 232 g/mol. The van der Waals surface area contributed by atoms with E-state index in [0.717, 1.165) is 23.0 Å². The van der Waals surface area contributed by atoms with Gasteiger partial charge in [-0.1, -0.05) is 29.5 Å². The van der Waals surface area contributed by atoms with Gasteiger partial charge in [-0.25, -0.2) is 4.98 Å². The van der Waals surface area contributed by atoms with Crippen LogP contribution in [0.5, 0.6) is 0 Å². The zero-order chi connectivity index (χ0) is 11.8. The second-order valence-electron chi connectivity index (χ2n) is 4.25. The summed E-state index contributed by atoms with van der Waals surface area (Å²) in [5, 5.41) is 10.5. The number of rotatable bonds is 2. The van der Waals surface area contributed by atoms with E-state index in [0.29, 0.717) is 0 Å². The summed E-state index contributed by atoms with van der Waals surface area (Å²) in [7, 11) is 0. The Hall–Kier alpha value is -1.39. The van der Waals surface area contributed by atoms with Crippen molar-refractivity contribution in [3.63, 3.8) is 0 Å². The number of thiazole rings is 1. The van der Waals surface area contributed by atoms with E-state index in [1.54, 1.807) is 24.5 Å². The Labute approximate surface area is 104 Å². The summed E-state index contributed by atoms with van der Waals surface area (Å²) in [5.74, 6) is 0. The Morgan fingerprint density at radius 2 is 2.24 bits per heavy atom. The van der Waals surface area contributed by atoms with Crippen LogP contribution in [-0.4, -0.2) is 16.6 Å². The Morgan fingerprint density at radius 3 is 3.00 bits per heavy atom. The number of hydrogen-bond donors (Lipinski definition) is 1. The van der Waals surface area contributed by atoms with Gasteiger partial charge < -0.3 is 10.0 Å². The third-order valence-corrected chi connectivity index (χ3v) is 4.23. The van der Waals surface area contributed by atoms with E-state index in [9.17, 15) is 5.11 Å². The zero-order valence-electron chi connectivity index (χ0n) is 9.63. The normalized spacial score (nSPS) is 16.0. The van der Waals surface area contributed by atoms with E-state index in [-0.39, 0.29) is 0 Å². The number of hydrogen-bond acceptors (Lipinski definition) is 4. The summed E-state index contributed by atoms with van der Waals surface area (Å²) >= 11 is 1.57. The Balaban J connectivity index is 1.95. The van der Waals surface area contributed by atoms with Crippen molar-refractivity contribution in [3.8, 4) is 0 Å². The van der Waals surface area contributed by atoms with Crippen molar-refractivity contribution in [2.45, 2.75) is 19.4 Å². The Kier molecular flexibility index (Phi) is 2.61. The van der Waals surface area contributed by atoms with Gasteiger partial charge in [-0.15, -0.1) is 0 Å². The topological polar surface area (TPSA) is 36.4 Å². The summed E-state index contributed by atoms with van der Waals surface area (Å²) in [6.07, 6.45) is 2.41. The zero-order valence-corrected chi connectivity index (χ0v) is 10.4. The van der Waals surface area contributed by atoms with Crippen LogP contribution in [0.15, 0.2) is 30.5 Å². The quantitative estimate of drug-likeness (QED) is 0.885. The van der Waals surface area contributed by atoms with E-state index >= 15 is 0 Å². The highest BCUT2D eigenvalue weighted by atomic mass is 32.1. The molecular formula is C13H14N2OS.